The Hall–Kier alpha value is -1.78. The van der Waals surface area contributed by atoms with Crippen molar-refractivity contribution in [1.29, 1.82) is 0 Å². The monoisotopic (exact) mass is 219 g/mol. The molecule has 0 atom stereocenters. The van der Waals surface area contributed by atoms with Crippen LogP contribution in [0.25, 0.3) is 0 Å². The number of rotatable bonds is 4. The lowest BCUT2D eigenvalue weighted by molar-refractivity contribution is 0.622. The lowest BCUT2D eigenvalue weighted by atomic mass is 10.4. The lowest BCUT2D eigenvalue weighted by Gasteiger charge is -2.09. The van der Waals surface area contributed by atoms with Crippen LogP contribution in [0.1, 0.15) is 24.7 Å². The Morgan fingerprint density at radius 2 is 2.19 bits per heavy atom. The minimum Gasteiger partial charge on any atom is -0.369 e. The molecule has 0 unspecified atom stereocenters. The average Bonchev–Trinajstić information content (AvgIpc) is 2.81. The zero-order chi connectivity index (χ0) is 11.5. The number of aromatic nitrogens is 4. The van der Waals surface area contributed by atoms with Gasteiger partial charge in [-0.15, -0.1) is 0 Å². The lowest BCUT2D eigenvalue weighted by Crippen LogP contribution is -2.10. The van der Waals surface area contributed by atoms with Crippen molar-refractivity contribution >= 4 is 5.95 Å². The normalized spacial score (nSPS) is 10.9. The molecular weight excluding hydrogens is 202 g/mol. The van der Waals surface area contributed by atoms with Gasteiger partial charge in [0, 0.05) is 18.4 Å². The molecule has 0 saturated heterocycles. The standard InChI is InChI=1S/C11H17N5/c1-3-4-15-8-13-6-10(15)7-16-9(2)5-14-11(16)12/h5-6,8H,3-4,7H2,1-2H3,(H2,12,14). The Morgan fingerprint density at radius 1 is 1.38 bits per heavy atom. The van der Waals surface area contributed by atoms with Crippen molar-refractivity contribution in [2.24, 2.45) is 0 Å². The molecule has 16 heavy (non-hydrogen) atoms. The number of hydrogen-bond acceptors (Lipinski definition) is 3. The SMILES string of the molecule is CCCn1cncc1Cn1c(C)cnc1N. The molecule has 0 bridgehead atoms. The fourth-order valence-corrected chi connectivity index (χ4v) is 1.77. The molecule has 0 aliphatic heterocycles. The quantitative estimate of drug-likeness (QED) is 0.846. The van der Waals surface area contributed by atoms with Gasteiger partial charge in [0.25, 0.3) is 0 Å². The van der Waals surface area contributed by atoms with Crippen LogP contribution >= 0.6 is 0 Å². The van der Waals surface area contributed by atoms with E-state index in [0.717, 1.165) is 30.9 Å². The largest absolute Gasteiger partial charge is 0.369 e. The summed E-state index contributed by atoms with van der Waals surface area (Å²) < 4.78 is 4.14. The molecule has 0 aromatic carbocycles. The number of nitrogen functional groups attached to an aromatic ring is 1. The molecule has 2 N–H and O–H groups in total. The molecule has 0 fully saturated rings. The van der Waals surface area contributed by atoms with Crippen LogP contribution in [0.2, 0.25) is 0 Å². The number of hydrogen-bond donors (Lipinski definition) is 1. The van der Waals surface area contributed by atoms with Crippen LogP contribution in [0.3, 0.4) is 0 Å². The second-order valence-electron chi connectivity index (χ2n) is 3.92. The van der Waals surface area contributed by atoms with Crippen molar-refractivity contribution in [1.82, 2.24) is 19.1 Å². The summed E-state index contributed by atoms with van der Waals surface area (Å²) in [5, 5.41) is 0. The van der Waals surface area contributed by atoms with Gasteiger partial charge < -0.3 is 14.9 Å². The van der Waals surface area contributed by atoms with Crippen LogP contribution in [-0.4, -0.2) is 19.1 Å². The van der Waals surface area contributed by atoms with Crippen molar-refractivity contribution in [2.45, 2.75) is 33.4 Å². The van der Waals surface area contributed by atoms with Gasteiger partial charge in [-0.3, -0.25) is 0 Å². The topological polar surface area (TPSA) is 61.7 Å². The summed E-state index contributed by atoms with van der Waals surface area (Å²) in [6, 6.07) is 0. The molecule has 5 heteroatoms. The predicted molar refractivity (Wildman–Crippen MR) is 63.0 cm³/mol. The van der Waals surface area contributed by atoms with Gasteiger partial charge in [0.1, 0.15) is 0 Å². The smallest absolute Gasteiger partial charge is 0.200 e. The maximum absolute atomic E-state index is 5.80. The van der Waals surface area contributed by atoms with Crippen LogP contribution < -0.4 is 5.73 Å². The van der Waals surface area contributed by atoms with E-state index in [9.17, 15) is 0 Å². The average molecular weight is 219 g/mol. The molecule has 0 saturated carbocycles. The van der Waals surface area contributed by atoms with Crippen molar-refractivity contribution in [3.8, 4) is 0 Å². The van der Waals surface area contributed by atoms with Gasteiger partial charge in [0.15, 0.2) is 0 Å². The van der Waals surface area contributed by atoms with Crippen LogP contribution in [-0.2, 0) is 13.1 Å². The van der Waals surface area contributed by atoms with Gasteiger partial charge in [-0.2, -0.15) is 0 Å². The summed E-state index contributed by atoms with van der Waals surface area (Å²) in [6.45, 7) is 5.88. The molecule has 86 valence electrons. The van der Waals surface area contributed by atoms with Gasteiger partial charge in [-0.25, -0.2) is 9.97 Å². The Morgan fingerprint density at radius 3 is 2.81 bits per heavy atom. The molecule has 0 amide bonds. The maximum Gasteiger partial charge on any atom is 0.200 e. The van der Waals surface area contributed by atoms with E-state index >= 15 is 0 Å². The number of imidazole rings is 2. The van der Waals surface area contributed by atoms with Crippen LogP contribution in [0.15, 0.2) is 18.7 Å². The number of aryl methyl sites for hydroxylation is 2. The predicted octanol–water partition coefficient (Wildman–Crippen LogP) is 1.43. The zero-order valence-electron chi connectivity index (χ0n) is 9.72. The first-order valence-corrected chi connectivity index (χ1v) is 5.49. The number of nitrogens with two attached hydrogens (primary N) is 1. The van der Waals surface area contributed by atoms with Gasteiger partial charge in [-0.1, -0.05) is 6.92 Å². The molecule has 0 aliphatic rings. The van der Waals surface area contributed by atoms with E-state index < -0.39 is 0 Å². The van der Waals surface area contributed by atoms with Gasteiger partial charge in [0.05, 0.1) is 24.8 Å². The first-order chi connectivity index (χ1) is 7.72. The fraction of sp³-hybridized carbons (Fsp3) is 0.455. The van der Waals surface area contributed by atoms with Crippen LogP contribution in [0.4, 0.5) is 5.95 Å². The van der Waals surface area contributed by atoms with Gasteiger partial charge >= 0.3 is 0 Å². The second kappa shape index (κ2) is 4.38. The Bertz CT molecular complexity index is 449. The second-order valence-corrected chi connectivity index (χ2v) is 3.92. The molecule has 2 aromatic heterocycles. The molecular formula is C11H17N5. The van der Waals surface area contributed by atoms with Gasteiger partial charge in [-0.05, 0) is 13.3 Å². The van der Waals surface area contributed by atoms with E-state index in [1.54, 1.807) is 6.20 Å². The van der Waals surface area contributed by atoms with E-state index in [-0.39, 0.29) is 0 Å². The summed E-state index contributed by atoms with van der Waals surface area (Å²) in [5.41, 5.74) is 8.04. The molecule has 5 nitrogen and oxygen atoms in total. The van der Waals surface area contributed by atoms with Crippen molar-refractivity contribution in [3.05, 3.63) is 30.1 Å². The minimum absolute atomic E-state index is 0.557. The Labute approximate surface area is 94.9 Å². The summed E-state index contributed by atoms with van der Waals surface area (Å²) in [5.74, 6) is 0.557. The van der Waals surface area contributed by atoms with Gasteiger partial charge in [0.2, 0.25) is 5.95 Å². The molecule has 0 aliphatic carbocycles. The third-order valence-electron chi connectivity index (χ3n) is 2.67. The number of anilines is 1. The molecule has 0 spiro atoms. The molecule has 2 aromatic rings. The van der Waals surface area contributed by atoms with E-state index in [4.69, 9.17) is 5.73 Å². The highest BCUT2D eigenvalue weighted by atomic mass is 15.2. The highest BCUT2D eigenvalue weighted by Crippen LogP contribution is 2.10. The van der Waals surface area contributed by atoms with Crippen molar-refractivity contribution < 1.29 is 0 Å². The summed E-state index contributed by atoms with van der Waals surface area (Å²) >= 11 is 0. The Kier molecular flexibility index (Phi) is 2.94. The van der Waals surface area contributed by atoms with E-state index in [1.165, 1.54) is 0 Å². The molecule has 0 radical (unpaired) electrons. The number of nitrogens with zero attached hydrogens (tertiary/aromatic N) is 4. The highest BCUT2D eigenvalue weighted by molar-refractivity contribution is 5.23. The summed E-state index contributed by atoms with van der Waals surface area (Å²) in [4.78, 5) is 8.25. The fourth-order valence-electron chi connectivity index (χ4n) is 1.77. The van der Waals surface area contributed by atoms with Crippen molar-refractivity contribution in [2.75, 3.05) is 5.73 Å². The third kappa shape index (κ3) is 1.93. The van der Waals surface area contributed by atoms with E-state index in [1.807, 2.05) is 24.0 Å². The van der Waals surface area contributed by atoms with E-state index in [0.29, 0.717) is 5.95 Å². The summed E-state index contributed by atoms with van der Waals surface area (Å²) in [7, 11) is 0. The first kappa shape index (κ1) is 10.7. The third-order valence-corrected chi connectivity index (χ3v) is 2.67. The summed E-state index contributed by atoms with van der Waals surface area (Å²) in [6.07, 6.45) is 6.63. The maximum atomic E-state index is 5.80. The zero-order valence-corrected chi connectivity index (χ0v) is 9.72. The first-order valence-electron chi connectivity index (χ1n) is 5.49. The van der Waals surface area contributed by atoms with E-state index in [2.05, 4.69) is 21.5 Å². The van der Waals surface area contributed by atoms with Crippen molar-refractivity contribution in [3.63, 3.8) is 0 Å². The van der Waals surface area contributed by atoms with Crippen LogP contribution in [0, 0.1) is 6.92 Å². The van der Waals surface area contributed by atoms with Crippen LogP contribution in [0.5, 0.6) is 0 Å². The Balaban J connectivity index is 2.23. The minimum atomic E-state index is 0.557. The highest BCUT2D eigenvalue weighted by Gasteiger charge is 2.07. The molecule has 2 rings (SSSR count). The molecule has 2 heterocycles.